The number of ether oxygens (including phenoxy) is 2. The number of rotatable bonds is 47. The number of amides is 1. The van der Waals surface area contributed by atoms with E-state index in [-0.39, 0.29) is 12.5 Å². The second-order valence-corrected chi connectivity index (χ2v) is 19.3. The summed E-state index contributed by atoms with van der Waals surface area (Å²) in [5, 5.41) is 54.5. The van der Waals surface area contributed by atoms with E-state index in [1.807, 2.05) is 6.08 Å². The van der Waals surface area contributed by atoms with E-state index in [4.69, 9.17) is 9.47 Å². The summed E-state index contributed by atoms with van der Waals surface area (Å²) >= 11 is 0. The topological polar surface area (TPSA) is 149 Å². The molecule has 0 aliphatic carbocycles. The van der Waals surface area contributed by atoms with Gasteiger partial charge in [-0.25, -0.2) is 0 Å². The van der Waals surface area contributed by atoms with Crippen LogP contribution in [-0.2, 0) is 14.3 Å². The number of hydrogen-bond acceptors (Lipinski definition) is 8. The maximum atomic E-state index is 13.1. The molecule has 71 heavy (non-hydrogen) atoms. The molecule has 1 aliphatic heterocycles. The highest BCUT2D eigenvalue weighted by Gasteiger charge is 2.44. The van der Waals surface area contributed by atoms with Gasteiger partial charge in [0, 0.05) is 6.42 Å². The third-order valence-electron chi connectivity index (χ3n) is 12.8. The minimum Gasteiger partial charge on any atom is -0.394 e. The number of hydrogen-bond donors (Lipinski definition) is 6. The monoisotopic (exact) mass is 992 g/mol. The highest BCUT2D eigenvalue weighted by Crippen LogP contribution is 2.23. The summed E-state index contributed by atoms with van der Waals surface area (Å²) in [7, 11) is 0. The quantitative estimate of drug-likeness (QED) is 0.0261. The van der Waals surface area contributed by atoms with Crippen LogP contribution in [-0.4, -0.2) is 87.5 Å². The van der Waals surface area contributed by atoms with E-state index < -0.39 is 49.5 Å². The van der Waals surface area contributed by atoms with Crippen LogP contribution in [0.2, 0.25) is 0 Å². The zero-order valence-electron chi connectivity index (χ0n) is 44.9. The largest absolute Gasteiger partial charge is 0.394 e. The molecule has 1 amide bonds. The first-order valence-electron chi connectivity index (χ1n) is 28.6. The van der Waals surface area contributed by atoms with Crippen LogP contribution >= 0.6 is 0 Å². The lowest BCUT2D eigenvalue weighted by Crippen LogP contribution is -2.60. The van der Waals surface area contributed by atoms with Gasteiger partial charge in [0.25, 0.3) is 0 Å². The lowest BCUT2D eigenvalue weighted by Gasteiger charge is -2.40. The molecule has 1 heterocycles. The maximum absolute atomic E-state index is 13.1. The van der Waals surface area contributed by atoms with Crippen molar-refractivity contribution in [2.45, 2.75) is 262 Å². The van der Waals surface area contributed by atoms with Gasteiger partial charge in [-0.15, -0.1) is 0 Å². The molecule has 0 aromatic heterocycles. The van der Waals surface area contributed by atoms with Gasteiger partial charge in [0.2, 0.25) is 5.91 Å². The van der Waals surface area contributed by atoms with E-state index in [9.17, 15) is 30.3 Å². The minimum atomic E-state index is -1.58. The van der Waals surface area contributed by atoms with Gasteiger partial charge in [-0.2, -0.15) is 0 Å². The van der Waals surface area contributed by atoms with Gasteiger partial charge >= 0.3 is 0 Å². The predicted molar refractivity (Wildman–Crippen MR) is 299 cm³/mol. The maximum Gasteiger partial charge on any atom is 0.220 e. The third-order valence-corrected chi connectivity index (χ3v) is 12.8. The molecule has 0 aromatic carbocycles. The Morgan fingerprint density at radius 2 is 0.887 bits per heavy atom. The van der Waals surface area contributed by atoms with E-state index in [1.165, 1.54) is 103 Å². The van der Waals surface area contributed by atoms with Crippen LogP contribution < -0.4 is 5.32 Å². The van der Waals surface area contributed by atoms with E-state index >= 15 is 0 Å². The van der Waals surface area contributed by atoms with Gasteiger partial charge in [0.1, 0.15) is 24.4 Å². The molecule has 6 N–H and O–H groups in total. The molecule has 1 saturated heterocycles. The number of allylic oxidation sites excluding steroid dienone is 17. The molecule has 0 bridgehead atoms. The smallest absolute Gasteiger partial charge is 0.220 e. The van der Waals surface area contributed by atoms with Crippen LogP contribution in [0.25, 0.3) is 0 Å². The Bertz CT molecular complexity index is 1480. The number of unbranched alkanes of at least 4 members (excludes halogenated alkanes) is 21. The van der Waals surface area contributed by atoms with Crippen molar-refractivity contribution in [1.29, 1.82) is 0 Å². The second-order valence-electron chi connectivity index (χ2n) is 19.3. The molecule has 7 unspecified atom stereocenters. The predicted octanol–water partition coefficient (Wildman–Crippen LogP) is 14.2. The first-order valence-corrected chi connectivity index (χ1v) is 28.6. The number of nitrogens with one attached hydrogen (secondary N) is 1. The van der Waals surface area contributed by atoms with E-state index in [0.29, 0.717) is 6.42 Å². The van der Waals surface area contributed by atoms with Gasteiger partial charge in [0.15, 0.2) is 6.29 Å². The van der Waals surface area contributed by atoms with Crippen molar-refractivity contribution in [1.82, 2.24) is 5.32 Å². The summed E-state index contributed by atoms with van der Waals surface area (Å²) in [5.74, 6) is -0.202. The fraction of sp³-hybridized carbons (Fsp3) is 0.694. The number of carbonyl (C=O) groups is 1. The normalized spacial score (nSPS) is 20.1. The van der Waals surface area contributed by atoms with Crippen molar-refractivity contribution in [2.75, 3.05) is 13.2 Å². The summed E-state index contributed by atoms with van der Waals surface area (Å²) in [5.41, 5.74) is 0. The van der Waals surface area contributed by atoms with Crippen LogP contribution in [0.5, 0.6) is 0 Å². The molecule has 9 nitrogen and oxygen atoms in total. The van der Waals surface area contributed by atoms with Gasteiger partial charge in [-0.05, 0) is 89.9 Å². The van der Waals surface area contributed by atoms with Crippen molar-refractivity contribution >= 4 is 5.91 Å². The zero-order chi connectivity index (χ0) is 51.5. The van der Waals surface area contributed by atoms with Crippen molar-refractivity contribution in [2.24, 2.45) is 0 Å². The van der Waals surface area contributed by atoms with Crippen LogP contribution in [0.4, 0.5) is 0 Å². The van der Waals surface area contributed by atoms with Crippen molar-refractivity contribution < 1.29 is 39.8 Å². The number of aliphatic hydroxyl groups excluding tert-OH is 5. The Labute approximate surface area is 434 Å². The molecule has 406 valence electrons. The molecule has 0 radical (unpaired) electrons. The summed E-state index contributed by atoms with van der Waals surface area (Å²) in [4.78, 5) is 13.1. The Balaban J connectivity index is 2.28. The van der Waals surface area contributed by atoms with Crippen LogP contribution in [0.15, 0.2) is 109 Å². The highest BCUT2D eigenvalue weighted by molar-refractivity contribution is 5.76. The molecule has 7 atom stereocenters. The van der Waals surface area contributed by atoms with Crippen LogP contribution in [0.1, 0.15) is 219 Å². The molecule has 0 saturated carbocycles. The summed E-state index contributed by atoms with van der Waals surface area (Å²) in [6.45, 7) is 3.64. The lowest BCUT2D eigenvalue weighted by molar-refractivity contribution is -0.302. The number of aliphatic hydroxyl groups is 5. The molecule has 1 rings (SSSR count). The first kappa shape index (κ1) is 65.9. The second kappa shape index (κ2) is 50.4. The van der Waals surface area contributed by atoms with Crippen LogP contribution in [0, 0.1) is 0 Å². The Kier molecular flexibility index (Phi) is 46.7. The summed E-state index contributed by atoms with van der Waals surface area (Å²) < 4.78 is 11.2. The van der Waals surface area contributed by atoms with Crippen molar-refractivity contribution in [3.8, 4) is 0 Å². The fourth-order valence-electron chi connectivity index (χ4n) is 8.33. The molecule has 1 fully saturated rings. The Morgan fingerprint density at radius 3 is 1.35 bits per heavy atom. The van der Waals surface area contributed by atoms with Gasteiger partial charge < -0.3 is 40.3 Å². The minimum absolute atomic E-state index is 0.202. The third kappa shape index (κ3) is 40.0. The zero-order valence-corrected chi connectivity index (χ0v) is 44.9. The molecule has 0 aromatic rings. The molecule has 1 aliphatic rings. The van der Waals surface area contributed by atoms with Gasteiger partial charge in [-0.1, -0.05) is 232 Å². The SMILES string of the molecule is CC/C=C\C/C=C\C/C=C\C/C=C\C/C=C\C/C=C\C/C=C\CCCCCCCCCC(=O)NC(COC1OC(CO)C(O)C(O)C1O)C(O)/C=C/CC/C=C/CCCCCCCCCCCCCCC. The van der Waals surface area contributed by atoms with Crippen molar-refractivity contribution in [3.63, 3.8) is 0 Å². The molecular formula is C62H105NO8. The van der Waals surface area contributed by atoms with Crippen molar-refractivity contribution in [3.05, 3.63) is 109 Å². The van der Waals surface area contributed by atoms with E-state index in [2.05, 4.69) is 116 Å². The average Bonchev–Trinajstić information content (AvgIpc) is 3.37. The fourth-order valence-corrected chi connectivity index (χ4v) is 8.33. The average molecular weight is 993 g/mol. The Morgan fingerprint density at radius 1 is 0.493 bits per heavy atom. The van der Waals surface area contributed by atoms with E-state index in [1.54, 1.807) is 6.08 Å². The molecular weight excluding hydrogens is 887 g/mol. The molecule has 0 spiro atoms. The molecule has 9 heteroatoms. The standard InChI is InChI=1S/C62H105NO8/c1-3-5-7-9-11-13-15-17-19-21-23-24-25-26-27-28-29-30-31-32-34-36-38-40-42-44-46-48-50-52-58(66)63-55(54-70-62-61(69)60(68)59(67)57(53-64)71-62)56(65)51-49-47-45-43-41-39-37-35-33-22-20-18-16-14-12-10-8-6-4-2/h5,7,11,13,17,19,23-24,26-27,29-30,32,34,41,43,49,51,55-57,59-62,64-65,67-69H,3-4,6,8-10,12,14-16,18,20-22,25,28,31,33,35-40,42,44-48,50,52-54H2,1-2H3,(H,63,66)/b7-5-,13-11-,19-17-,24-23-,27-26-,30-29-,34-32-,43-41+,51-49+. The summed E-state index contributed by atoms with van der Waals surface area (Å²) in [6, 6.07) is -0.836. The van der Waals surface area contributed by atoms with Crippen LogP contribution in [0.3, 0.4) is 0 Å². The Hall–Kier alpha value is -3.15. The summed E-state index contributed by atoms with van der Waals surface area (Å²) in [6.07, 6.45) is 67.1. The highest BCUT2D eigenvalue weighted by atomic mass is 16.7. The van der Waals surface area contributed by atoms with Gasteiger partial charge in [-0.3, -0.25) is 4.79 Å². The van der Waals surface area contributed by atoms with E-state index in [0.717, 1.165) is 96.3 Å². The lowest BCUT2D eigenvalue weighted by atomic mass is 9.99. The van der Waals surface area contributed by atoms with Gasteiger partial charge in [0.05, 0.1) is 25.4 Å². The first-order chi connectivity index (χ1) is 34.8. The number of carbonyl (C=O) groups excluding carboxylic acids is 1.